The summed E-state index contributed by atoms with van der Waals surface area (Å²) in [6.07, 6.45) is 3.72. The topological polar surface area (TPSA) is 54.0 Å². The van der Waals surface area contributed by atoms with Crippen molar-refractivity contribution >= 4 is 11.5 Å². The fourth-order valence-corrected chi connectivity index (χ4v) is 2.34. The van der Waals surface area contributed by atoms with Gasteiger partial charge in [-0.25, -0.2) is 0 Å². The zero-order valence-corrected chi connectivity index (χ0v) is 16.1. The molecule has 0 aliphatic carbocycles. The van der Waals surface area contributed by atoms with Crippen LogP contribution in [0.3, 0.4) is 0 Å². The average Bonchev–Trinajstić information content (AvgIpc) is 2.38. The molecule has 22 heavy (non-hydrogen) atoms. The van der Waals surface area contributed by atoms with Crippen molar-refractivity contribution in [2.45, 2.75) is 40.5 Å². The molecule has 0 bridgehead atoms. The van der Waals surface area contributed by atoms with Gasteiger partial charge in [-0.3, -0.25) is 4.79 Å². The molecule has 0 spiro atoms. The largest absolute Gasteiger partial charge is 0.512 e. The number of aliphatic imine (C=N–C) groups is 1. The molecule has 1 aliphatic rings. The molecule has 0 fully saturated rings. The van der Waals surface area contributed by atoms with Gasteiger partial charge >= 0.3 is 5.78 Å². The Morgan fingerprint density at radius 3 is 2.45 bits per heavy atom. The SMILES string of the molecule is CC(=[OH+])/C=C(/C)O.CC1(C)CCCN=C1c1[c-]cccc1.[Ir]. The summed E-state index contributed by atoms with van der Waals surface area (Å²) in [6.45, 7) is 8.51. The van der Waals surface area contributed by atoms with Crippen LogP contribution in [0.5, 0.6) is 0 Å². The standard InChI is InChI=1S/C13H16N.C5H8O2.Ir/c1-13(2)9-6-10-14-12(13)11-7-4-3-5-8-11;1-4(6)3-5(2)7;/h3-5,7H,6,9-10H2,1-2H3;3,6H,1-2H3;/q-1;;/p+1/b;4-3-;. The summed E-state index contributed by atoms with van der Waals surface area (Å²) in [6, 6.07) is 11.4. The quantitative estimate of drug-likeness (QED) is 0.295. The summed E-state index contributed by atoms with van der Waals surface area (Å²) < 4.78 is 0. The molecule has 0 saturated heterocycles. The second kappa shape index (κ2) is 9.70. The maximum atomic E-state index is 8.40. The molecular formula is C18H25IrNO2. The third-order valence-corrected chi connectivity index (χ3v) is 3.25. The van der Waals surface area contributed by atoms with E-state index in [0.29, 0.717) is 0 Å². The van der Waals surface area contributed by atoms with E-state index in [0.717, 1.165) is 12.1 Å². The predicted octanol–water partition coefficient (Wildman–Crippen LogP) is 4.11. The van der Waals surface area contributed by atoms with Crippen LogP contribution in [0, 0.1) is 11.5 Å². The van der Waals surface area contributed by atoms with Crippen LogP contribution < -0.4 is 0 Å². The van der Waals surface area contributed by atoms with Gasteiger partial charge in [0.15, 0.2) is 0 Å². The van der Waals surface area contributed by atoms with Crippen molar-refractivity contribution < 1.29 is 30.0 Å². The van der Waals surface area contributed by atoms with Crippen LogP contribution in [-0.2, 0) is 20.1 Å². The van der Waals surface area contributed by atoms with Gasteiger partial charge in [-0.1, -0.05) is 13.8 Å². The van der Waals surface area contributed by atoms with Crippen molar-refractivity contribution in [2.75, 3.05) is 6.54 Å². The third kappa shape index (κ3) is 7.15. The van der Waals surface area contributed by atoms with Crippen LogP contribution in [0.25, 0.3) is 0 Å². The number of allylic oxidation sites excluding steroid dienone is 2. The number of aliphatic hydroxyl groups excluding tert-OH is 1. The van der Waals surface area contributed by atoms with Crippen LogP contribution in [0.1, 0.15) is 46.1 Å². The summed E-state index contributed by atoms with van der Waals surface area (Å²) in [5.41, 5.74) is 2.61. The maximum absolute atomic E-state index is 8.40. The first-order valence-corrected chi connectivity index (χ1v) is 7.25. The van der Waals surface area contributed by atoms with E-state index in [1.54, 1.807) is 0 Å². The molecule has 0 atom stereocenters. The Kier molecular flexibility index (Phi) is 9.15. The van der Waals surface area contributed by atoms with Gasteiger partial charge in [0.05, 0.1) is 18.8 Å². The second-order valence-corrected chi connectivity index (χ2v) is 5.92. The van der Waals surface area contributed by atoms with E-state index in [2.05, 4.69) is 37.0 Å². The number of carbonyl (C=O) groups excluding carboxylic acids is 1. The molecule has 1 aromatic rings. The minimum atomic E-state index is 0. The van der Waals surface area contributed by atoms with Gasteiger partial charge in [-0.2, -0.15) is 0 Å². The van der Waals surface area contributed by atoms with Crippen molar-refractivity contribution in [3.05, 3.63) is 47.7 Å². The molecular weight excluding hydrogens is 454 g/mol. The molecule has 1 heterocycles. The van der Waals surface area contributed by atoms with Crippen molar-refractivity contribution in [1.82, 2.24) is 0 Å². The molecule has 0 unspecified atom stereocenters. The Hall–Kier alpha value is -1.25. The Labute approximate surface area is 146 Å². The number of aliphatic hydroxyl groups is 1. The molecule has 2 N–H and O–H groups in total. The summed E-state index contributed by atoms with van der Waals surface area (Å²) >= 11 is 0. The molecule has 0 aromatic heterocycles. The van der Waals surface area contributed by atoms with Gasteiger partial charge in [0.25, 0.3) is 0 Å². The number of ketones is 1. The number of hydrogen-bond acceptors (Lipinski definition) is 2. The molecule has 1 aromatic carbocycles. The average molecular weight is 480 g/mol. The normalized spacial score (nSPS) is 16.5. The number of benzene rings is 1. The number of hydrogen-bond donors (Lipinski definition) is 1. The minimum Gasteiger partial charge on any atom is -0.512 e. The Balaban J connectivity index is 0.000000478. The zero-order chi connectivity index (χ0) is 15.9. The molecule has 1 aliphatic heterocycles. The monoisotopic (exact) mass is 480 g/mol. The molecule has 123 valence electrons. The van der Waals surface area contributed by atoms with Crippen LogP contribution in [0.2, 0.25) is 0 Å². The Bertz CT molecular complexity index is 529. The van der Waals surface area contributed by atoms with Gasteiger partial charge < -0.3 is 10.1 Å². The van der Waals surface area contributed by atoms with Gasteiger partial charge in [0.2, 0.25) is 0 Å². The fourth-order valence-electron chi connectivity index (χ4n) is 2.34. The summed E-state index contributed by atoms with van der Waals surface area (Å²) in [5, 5.41) is 8.40. The third-order valence-electron chi connectivity index (χ3n) is 3.25. The van der Waals surface area contributed by atoms with Crippen LogP contribution >= 0.6 is 0 Å². The van der Waals surface area contributed by atoms with E-state index in [4.69, 9.17) is 9.90 Å². The minimum absolute atomic E-state index is 0. The summed E-state index contributed by atoms with van der Waals surface area (Å²) in [4.78, 5) is 13.0. The van der Waals surface area contributed by atoms with Crippen molar-refractivity contribution in [1.29, 1.82) is 0 Å². The van der Waals surface area contributed by atoms with Gasteiger partial charge in [-0.15, -0.1) is 35.9 Å². The predicted molar refractivity (Wildman–Crippen MR) is 88.7 cm³/mol. The first kappa shape index (κ1) is 20.7. The molecule has 0 saturated carbocycles. The second-order valence-electron chi connectivity index (χ2n) is 5.92. The smallest absolute Gasteiger partial charge is 0.316 e. The first-order valence-electron chi connectivity index (χ1n) is 7.25. The van der Waals surface area contributed by atoms with Crippen LogP contribution in [0.4, 0.5) is 0 Å². The van der Waals surface area contributed by atoms with E-state index in [1.165, 1.54) is 38.5 Å². The summed E-state index contributed by atoms with van der Waals surface area (Å²) in [7, 11) is 0. The van der Waals surface area contributed by atoms with Crippen molar-refractivity contribution in [3.8, 4) is 0 Å². The van der Waals surface area contributed by atoms with Gasteiger partial charge in [0, 0.05) is 26.7 Å². The number of nitrogens with zero attached hydrogens (tertiary/aromatic N) is 1. The van der Waals surface area contributed by atoms with Gasteiger partial charge in [-0.05, 0) is 30.9 Å². The first-order chi connectivity index (χ1) is 9.83. The molecule has 2 rings (SSSR count). The van der Waals surface area contributed by atoms with Gasteiger partial charge in [0.1, 0.15) is 0 Å². The van der Waals surface area contributed by atoms with E-state index in [9.17, 15) is 0 Å². The van der Waals surface area contributed by atoms with E-state index >= 15 is 0 Å². The zero-order valence-electron chi connectivity index (χ0n) is 13.7. The molecule has 1 radical (unpaired) electrons. The summed E-state index contributed by atoms with van der Waals surface area (Å²) in [5.74, 6) is 0.250. The van der Waals surface area contributed by atoms with Crippen LogP contribution in [-0.4, -0.2) is 27.9 Å². The van der Waals surface area contributed by atoms with E-state index < -0.39 is 0 Å². The van der Waals surface area contributed by atoms with Crippen molar-refractivity contribution in [3.63, 3.8) is 0 Å². The maximum Gasteiger partial charge on any atom is 0.316 e. The van der Waals surface area contributed by atoms with Crippen LogP contribution in [0.15, 0.2) is 41.1 Å². The Morgan fingerprint density at radius 2 is 2.05 bits per heavy atom. The van der Waals surface area contributed by atoms with E-state index in [1.807, 2.05) is 12.1 Å². The van der Waals surface area contributed by atoms with E-state index in [-0.39, 0.29) is 37.1 Å². The Morgan fingerprint density at radius 1 is 1.36 bits per heavy atom. The van der Waals surface area contributed by atoms with Crippen molar-refractivity contribution in [2.24, 2.45) is 10.4 Å². The fraction of sp³-hybridized carbons (Fsp3) is 0.444. The number of rotatable bonds is 2. The molecule has 4 heteroatoms. The molecule has 3 nitrogen and oxygen atoms in total. The molecule has 0 amide bonds.